The van der Waals surface area contributed by atoms with E-state index in [0.717, 1.165) is 6.42 Å². The Morgan fingerprint density at radius 1 is 1.42 bits per heavy atom. The van der Waals surface area contributed by atoms with Gasteiger partial charge in [0.25, 0.3) is 0 Å². The van der Waals surface area contributed by atoms with Crippen LogP contribution in [0.15, 0.2) is 23.8 Å². The summed E-state index contributed by atoms with van der Waals surface area (Å²) in [6.07, 6.45) is 10.5. The maximum atomic E-state index is 2.32. The maximum Gasteiger partial charge on any atom is 0.0275 e. The third kappa shape index (κ3) is 2.82. The molecular formula is C11H19N. The zero-order chi connectivity index (χ0) is 8.97. The van der Waals surface area contributed by atoms with Crippen molar-refractivity contribution in [3.05, 3.63) is 23.8 Å². The standard InChI is InChI=1S/C11H19N/c1-10-6-4-5-7-11(9-8-10)12(2)3/h5-7,11H,4,8-9H2,1-3H3/b7-5?,10-6-. The molecule has 68 valence electrons. The van der Waals surface area contributed by atoms with Gasteiger partial charge in [0.1, 0.15) is 0 Å². The van der Waals surface area contributed by atoms with Crippen molar-refractivity contribution in [2.24, 2.45) is 0 Å². The van der Waals surface area contributed by atoms with Crippen LogP contribution in [0.3, 0.4) is 0 Å². The molecule has 1 nitrogen and oxygen atoms in total. The molecule has 12 heavy (non-hydrogen) atoms. The van der Waals surface area contributed by atoms with Crippen molar-refractivity contribution < 1.29 is 0 Å². The number of rotatable bonds is 1. The zero-order valence-corrected chi connectivity index (χ0v) is 8.38. The van der Waals surface area contributed by atoms with E-state index in [0.29, 0.717) is 6.04 Å². The van der Waals surface area contributed by atoms with Gasteiger partial charge >= 0.3 is 0 Å². The molecule has 1 aliphatic rings. The average Bonchev–Trinajstić information content (AvgIpc) is 1.97. The lowest BCUT2D eigenvalue weighted by molar-refractivity contribution is 0.327. The van der Waals surface area contributed by atoms with Crippen molar-refractivity contribution in [1.29, 1.82) is 0 Å². The second kappa shape index (κ2) is 4.46. The van der Waals surface area contributed by atoms with E-state index in [-0.39, 0.29) is 0 Å². The molecule has 0 aliphatic heterocycles. The number of allylic oxidation sites excluding steroid dienone is 3. The first-order valence-corrected chi connectivity index (χ1v) is 4.69. The first kappa shape index (κ1) is 9.53. The molecule has 0 saturated carbocycles. The van der Waals surface area contributed by atoms with Crippen LogP contribution in [-0.2, 0) is 0 Å². The summed E-state index contributed by atoms with van der Waals surface area (Å²) in [6, 6.07) is 0.633. The Hall–Kier alpha value is -0.560. The molecule has 0 fully saturated rings. The highest BCUT2D eigenvalue weighted by molar-refractivity contribution is 5.08. The zero-order valence-electron chi connectivity index (χ0n) is 8.38. The highest BCUT2D eigenvalue weighted by Crippen LogP contribution is 2.14. The minimum atomic E-state index is 0.633. The van der Waals surface area contributed by atoms with Gasteiger partial charge in [-0.1, -0.05) is 23.8 Å². The lowest BCUT2D eigenvalue weighted by Gasteiger charge is -2.22. The first-order valence-electron chi connectivity index (χ1n) is 4.69. The van der Waals surface area contributed by atoms with E-state index in [1.54, 1.807) is 0 Å². The van der Waals surface area contributed by atoms with Gasteiger partial charge in [-0.2, -0.15) is 0 Å². The first-order chi connectivity index (χ1) is 5.70. The Balaban J connectivity index is 2.55. The second-order valence-corrected chi connectivity index (χ2v) is 3.78. The van der Waals surface area contributed by atoms with Crippen molar-refractivity contribution in [1.82, 2.24) is 4.90 Å². The summed E-state index contributed by atoms with van der Waals surface area (Å²) in [6.45, 7) is 2.23. The number of nitrogens with zero attached hydrogens (tertiary/aromatic N) is 1. The Labute approximate surface area is 75.8 Å². The molecule has 0 heterocycles. The van der Waals surface area contributed by atoms with E-state index < -0.39 is 0 Å². The van der Waals surface area contributed by atoms with Gasteiger partial charge in [0.15, 0.2) is 0 Å². The Morgan fingerprint density at radius 3 is 2.83 bits per heavy atom. The molecule has 0 aromatic rings. The SMILES string of the molecule is C/C1=C/CC=CC(N(C)C)CC1. The topological polar surface area (TPSA) is 3.24 Å². The van der Waals surface area contributed by atoms with Gasteiger partial charge in [-0.25, -0.2) is 0 Å². The Morgan fingerprint density at radius 2 is 2.17 bits per heavy atom. The van der Waals surface area contributed by atoms with Gasteiger partial charge in [0.2, 0.25) is 0 Å². The lowest BCUT2D eigenvalue weighted by atomic mass is 10.0. The van der Waals surface area contributed by atoms with E-state index in [2.05, 4.69) is 44.1 Å². The van der Waals surface area contributed by atoms with E-state index in [4.69, 9.17) is 0 Å². The van der Waals surface area contributed by atoms with Crippen LogP contribution < -0.4 is 0 Å². The minimum Gasteiger partial charge on any atom is -0.303 e. The molecule has 0 bridgehead atoms. The van der Waals surface area contributed by atoms with Gasteiger partial charge in [0, 0.05) is 6.04 Å². The van der Waals surface area contributed by atoms with Gasteiger partial charge in [0.05, 0.1) is 0 Å². The normalized spacial score (nSPS) is 29.3. The van der Waals surface area contributed by atoms with Crippen LogP contribution in [0.25, 0.3) is 0 Å². The predicted molar refractivity (Wildman–Crippen MR) is 54.2 cm³/mol. The van der Waals surface area contributed by atoms with E-state index in [1.165, 1.54) is 18.4 Å². The van der Waals surface area contributed by atoms with Crippen LogP contribution in [0, 0.1) is 0 Å². The largest absolute Gasteiger partial charge is 0.303 e. The molecule has 1 rings (SSSR count). The van der Waals surface area contributed by atoms with Crippen LogP contribution >= 0.6 is 0 Å². The number of hydrogen-bond acceptors (Lipinski definition) is 1. The molecule has 0 amide bonds. The molecule has 0 saturated heterocycles. The smallest absolute Gasteiger partial charge is 0.0275 e. The molecule has 0 spiro atoms. The summed E-state index contributed by atoms with van der Waals surface area (Å²) in [7, 11) is 4.30. The fourth-order valence-corrected chi connectivity index (χ4v) is 1.51. The van der Waals surface area contributed by atoms with Gasteiger partial charge in [-0.15, -0.1) is 0 Å². The van der Waals surface area contributed by atoms with Crippen molar-refractivity contribution >= 4 is 0 Å². The van der Waals surface area contributed by atoms with Crippen LogP contribution in [0.5, 0.6) is 0 Å². The monoisotopic (exact) mass is 165 g/mol. The fraction of sp³-hybridized carbons (Fsp3) is 0.636. The van der Waals surface area contributed by atoms with E-state index in [9.17, 15) is 0 Å². The van der Waals surface area contributed by atoms with Crippen molar-refractivity contribution in [3.63, 3.8) is 0 Å². The molecule has 0 aromatic heterocycles. The maximum absolute atomic E-state index is 2.32. The molecule has 0 N–H and O–H groups in total. The fourth-order valence-electron chi connectivity index (χ4n) is 1.51. The lowest BCUT2D eigenvalue weighted by Crippen LogP contribution is -2.26. The van der Waals surface area contributed by atoms with Crippen molar-refractivity contribution in [2.75, 3.05) is 14.1 Å². The summed E-state index contributed by atoms with van der Waals surface area (Å²) in [5.41, 5.74) is 1.53. The third-order valence-corrected chi connectivity index (χ3v) is 2.46. The molecular weight excluding hydrogens is 146 g/mol. The Kier molecular flexibility index (Phi) is 3.54. The minimum absolute atomic E-state index is 0.633. The third-order valence-electron chi connectivity index (χ3n) is 2.46. The second-order valence-electron chi connectivity index (χ2n) is 3.78. The highest BCUT2D eigenvalue weighted by Gasteiger charge is 2.08. The number of hydrogen-bond donors (Lipinski definition) is 0. The molecule has 1 atom stereocenters. The molecule has 1 heteroatoms. The van der Waals surface area contributed by atoms with Crippen LogP contribution in [0.2, 0.25) is 0 Å². The molecule has 1 aliphatic carbocycles. The van der Waals surface area contributed by atoms with Crippen LogP contribution in [0.1, 0.15) is 26.2 Å². The summed E-state index contributed by atoms with van der Waals surface area (Å²) in [5, 5.41) is 0. The quantitative estimate of drug-likeness (QED) is 0.540. The highest BCUT2D eigenvalue weighted by atomic mass is 15.1. The molecule has 0 radical (unpaired) electrons. The van der Waals surface area contributed by atoms with Crippen LogP contribution in [-0.4, -0.2) is 25.0 Å². The average molecular weight is 165 g/mol. The predicted octanol–water partition coefficient (Wildman–Crippen LogP) is 2.60. The van der Waals surface area contributed by atoms with Crippen molar-refractivity contribution in [3.8, 4) is 0 Å². The summed E-state index contributed by atoms with van der Waals surface area (Å²) in [4.78, 5) is 2.29. The molecule has 0 aromatic carbocycles. The van der Waals surface area contributed by atoms with Gasteiger partial charge in [-0.05, 0) is 40.3 Å². The summed E-state index contributed by atoms with van der Waals surface area (Å²) < 4.78 is 0. The van der Waals surface area contributed by atoms with Gasteiger partial charge < -0.3 is 4.90 Å². The van der Waals surface area contributed by atoms with E-state index >= 15 is 0 Å². The number of likely N-dealkylation sites (N-methyl/N-ethyl adjacent to an activating group) is 1. The Bertz CT molecular complexity index is 189. The summed E-state index contributed by atoms with van der Waals surface area (Å²) >= 11 is 0. The summed E-state index contributed by atoms with van der Waals surface area (Å²) in [5.74, 6) is 0. The van der Waals surface area contributed by atoms with E-state index in [1.807, 2.05) is 0 Å². The van der Waals surface area contributed by atoms with Crippen molar-refractivity contribution in [2.45, 2.75) is 32.2 Å². The van der Waals surface area contributed by atoms with Gasteiger partial charge in [-0.3, -0.25) is 0 Å². The molecule has 1 unspecified atom stereocenters. The van der Waals surface area contributed by atoms with Crippen LogP contribution in [0.4, 0.5) is 0 Å².